The Morgan fingerprint density at radius 3 is 1.62 bits per heavy atom. The van der Waals surface area contributed by atoms with Gasteiger partial charge in [-0.2, -0.15) is 0 Å². The number of rotatable bonds is 23. The quantitative estimate of drug-likeness (QED) is 0.140. The summed E-state index contributed by atoms with van der Waals surface area (Å²) in [6.07, 6.45) is 29.3. The Labute approximate surface area is 227 Å². The number of benzene rings is 1. The van der Waals surface area contributed by atoms with Crippen molar-refractivity contribution in [1.82, 2.24) is 9.97 Å². The van der Waals surface area contributed by atoms with Gasteiger partial charge in [-0.15, -0.1) is 0 Å². The molecule has 0 unspecified atom stereocenters. The van der Waals surface area contributed by atoms with Gasteiger partial charge in [-0.25, -0.2) is 9.97 Å². The van der Waals surface area contributed by atoms with Gasteiger partial charge < -0.3 is 9.47 Å². The van der Waals surface area contributed by atoms with Crippen molar-refractivity contribution in [1.29, 1.82) is 0 Å². The third-order valence-electron chi connectivity index (χ3n) is 7.48. The third kappa shape index (κ3) is 13.9. The molecule has 206 valence electrons. The van der Waals surface area contributed by atoms with Crippen LogP contribution in [0.25, 0.3) is 11.4 Å². The van der Waals surface area contributed by atoms with Crippen LogP contribution in [0.15, 0.2) is 36.7 Å². The summed E-state index contributed by atoms with van der Waals surface area (Å²) < 4.78 is 11.8. The molecule has 4 heteroatoms. The summed E-state index contributed by atoms with van der Waals surface area (Å²) in [4.78, 5) is 9.01. The molecule has 1 aromatic carbocycles. The Morgan fingerprint density at radius 2 is 1.08 bits per heavy atom. The summed E-state index contributed by atoms with van der Waals surface area (Å²) in [5, 5.41) is 0. The van der Waals surface area contributed by atoms with Crippen LogP contribution >= 0.6 is 0 Å². The molecule has 0 atom stereocenters. The Hall–Kier alpha value is -2.10. The zero-order valence-electron chi connectivity index (χ0n) is 23.6. The molecule has 0 amide bonds. The minimum atomic E-state index is 0.722. The minimum absolute atomic E-state index is 0.722. The minimum Gasteiger partial charge on any atom is -0.494 e. The molecule has 0 aliphatic heterocycles. The Bertz CT molecular complexity index is 802. The van der Waals surface area contributed by atoms with E-state index in [1.807, 2.05) is 24.3 Å². The second-order valence-electron chi connectivity index (χ2n) is 11.0. The molecule has 1 aliphatic carbocycles. The fourth-order valence-electron chi connectivity index (χ4n) is 4.86. The maximum atomic E-state index is 5.92. The van der Waals surface area contributed by atoms with E-state index in [1.165, 1.54) is 109 Å². The molecule has 1 aliphatic rings. The smallest absolute Gasteiger partial charge is 0.159 e. The summed E-state index contributed by atoms with van der Waals surface area (Å²) in [5.41, 5.74) is 0.999. The van der Waals surface area contributed by atoms with Crippen LogP contribution in [-0.4, -0.2) is 23.2 Å². The molecule has 1 saturated carbocycles. The molecule has 0 saturated heterocycles. The van der Waals surface area contributed by atoms with E-state index >= 15 is 0 Å². The van der Waals surface area contributed by atoms with E-state index in [0.717, 1.165) is 54.9 Å². The van der Waals surface area contributed by atoms with Crippen molar-refractivity contribution in [2.75, 3.05) is 13.2 Å². The highest BCUT2D eigenvalue weighted by Crippen LogP contribution is 2.34. The average Bonchev–Trinajstić information content (AvgIpc) is 3.76. The van der Waals surface area contributed by atoms with Crippen molar-refractivity contribution in [2.24, 2.45) is 5.92 Å². The lowest BCUT2D eigenvalue weighted by Crippen LogP contribution is -1.99. The van der Waals surface area contributed by atoms with Crippen LogP contribution in [0.4, 0.5) is 0 Å². The molecule has 1 fully saturated rings. The van der Waals surface area contributed by atoms with Gasteiger partial charge in [0.05, 0.1) is 25.6 Å². The van der Waals surface area contributed by atoms with Gasteiger partial charge in [0.1, 0.15) is 5.75 Å². The van der Waals surface area contributed by atoms with E-state index in [1.54, 1.807) is 12.4 Å². The van der Waals surface area contributed by atoms with Crippen LogP contribution in [0.3, 0.4) is 0 Å². The predicted octanol–water partition coefficient (Wildman–Crippen LogP) is 9.96. The van der Waals surface area contributed by atoms with Crippen LogP contribution < -0.4 is 9.47 Å². The van der Waals surface area contributed by atoms with Crippen molar-refractivity contribution < 1.29 is 9.47 Å². The van der Waals surface area contributed by atoms with Gasteiger partial charge in [-0.3, -0.25) is 0 Å². The van der Waals surface area contributed by atoms with E-state index in [2.05, 4.69) is 16.9 Å². The van der Waals surface area contributed by atoms with E-state index in [0.29, 0.717) is 0 Å². The van der Waals surface area contributed by atoms with E-state index in [9.17, 15) is 0 Å². The lowest BCUT2D eigenvalue weighted by atomic mass is 10.1. The fourth-order valence-corrected chi connectivity index (χ4v) is 4.86. The number of hydrogen-bond acceptors (Lipinski definition) is 4. The zero-order chi connectivity index (χ0) is 25.8. The monoisotopic (exact) mass is 508 g/mol. The van der Waals surface area contributed by atoms with Crippen LogP contribution in [-0.2, 0) is 0 Å². The first-order valence-corrected chi connectivity index (χ1v) is 15.5. The maximum Gasteiger partial charge on any atom is 0.159 e. The topological polar surface area (TPSA) is 44.2 Å². The lowest BCUT2D eigenvalue weighted by molar-refractivity contribution is 0.302. The highest BCUT2D eigenvalue weighted by molar-refractivity contribution is 5.56. The predicted molar refractivity (Wildman–Crippen MR) is 155 cm³/mol. The van der Waals surface area contributed by atoms with Crippen LogP contribution in [0, 0.1) is 5.92 Å². The number of ether oxygens (including phenoxy) is 2. The Balaban J connectivity index is 1.19. The molecule has 2 aromatic rings. The maximum absolute atomic E-state index is 5.92. The van der Waals surface area contributed by atoms with Crippen LogP contribution in [0.2, 0.25) is 0 Å². The van der Waals surface area contributed by atoms with Crippen molar-refractivity contribution in [2.45, 2.75) is 129 Å². The average molecular weight is 509 g/mol. The summed E-state index contributed by atoms with van der Waals surface area (Å²) in [5.74, 6) is 3.49. The zero-order valence-corrected chi connectivity index (χ0v) is 23.6. The van der Waals surface area contributed by atoms with Gasteiger partial charge in [-0.05, 0) is 43.0 Å². The SMILES string of the molecule is CCCCCCCCCCCOc1ccc(-c2ncc(OCCCCCCCCCC3CC3)cn2)cc1. The van der Waals surface area contributed by atoms with Crippen molar-refractivity contribution in [3.05, 3.63) is 36.7 Å². The fraction of sp³-hybridized carbons (Fsp3) is 0.697. The van der Waals surface area contributed by atoms with Gasteiger partial charge >= 0.3 is 0 Å². The highest BCUT2D eigenvalue weighted by atomic mass is 16.5. The van der Waals surface area contributed by atoms with E-state index in [4.69, 9.17) is 9.47 Å². The number of aromatic nitrogens is 2. The Kier molecular flexibility index (Phi) is 15.2. The molecule has 0 N–H and O–H groups in total. The van der Waals surface area contributed by atoms with Gasteiger partial charge in [0.25, 0.3) is 0 Å². The molecular weight excluding hydrogens is 456 g/mol. The van der Waals surface area contributed by atoms with Crippen LogP contribution in [0.1, 0.15) is 129 Å². The highest BCUT2D eigenvalue weighted by Gasteiger charge is 2.19. The number of hydrogen-bond donors (Lipinski definition) is 0. The van der Waals surface area contributed by atoms with Crippen molar-refractivity contribution >= 4 is 0 Å². The van der Waals surface area contributed by atoms with E-state index < -0.39 is 0 Å². The molecule has 0 spiro atoms. The second kappa shape index (κ2) is 19.0. The van der Waals surface area contributed by atoms with Crippen LogP contribution in [0.5, 0.6) is 11.5 Å². The summed E-state index contributed by atoms with van der Waals surface area (Å²) in [7, 11) is 0. The molecule has 3 rings (SSSR count). The Morgan fingerprint density at radius 1 is 0.595 bits per heavy atom. The summed E-state index contributed by atoms with van der Waals surface area (Å²) in [6.45, 7) is 3.81. The summed E-state index contributed by atoms with van der Waals surface area (Å²) >= 11 is 0. The molecule has 1 heterocycles. The third-order valence-corrected chi connectivity index (χ3v) is 7.48. The molecule has 0 radical (unpaired) electrons. The molecule has 0 bridgehead atoms. The lowest BCUT2D eigenvalue weighted by Gasteiger charge is -2.08. The van der Waals surface area contributed by atoms with Gasteiger partial charge in [0.2, 0.25) is 0 Å². The number of unbranched alkanes of at least 4 members (excludes halogenated alkanes) is 14. The first-order chi connectivity index (χ1) is 18.3. The molecule has 37 heavy (non-hydrogen) atoms. The van der Waals surface area contributed by atoms with Gasteiger partial charge in [0.15, 0.2) is 11.6 Å². The van der Waals surface area contributed by atoms with Gasteiger partial charge in [0, 0.05) is 5.56 Å². The molecule has 4 nitrogen and oxygen atoms in total. The van der Waals surface area contributed by atoms with E-state index in [-0.39, 0.29) is 0 Å². The van der Waals surface area contributed by atoms with Crippen molar-refractivity contribution in [3.8, 4) is 22.9 Å². The summed E-state index contributed by atoms with van der Waals surface area (Å²) in [6, 6.07) is 8.11. The van der Waals surface area contributed by atoms with Gasteiger partial charge in [-0.1, -0.05) is 116 Å². The standard InChI is InChI=1S/C33H52N2O2/c1-2-3-4-5-6-7-10-13-16-25-36-31-23-21-30(22-24-31)33-34-27-32(28-35-33)37-26-17-14-11-8-9-12-15-18-29-19-20-29/h21-24,27-29H,2-20,25-26H2,1H3. The first kappa shape index (κ1) is 29.5. The first-order valence-electron chi connectivity index (χ1n) is 15.5. The molecule has 1 aromatic heterocycles. The molecular formula is C33H52N2O2. The normalized spacial score (nSPS) is 13.1. The number of nitrogens with zero attached hydrogens (tertiary/aromatic N) is 2. The van der Waals surface area contributed by atoms with Crippen molar-refractivity contribution in [3.63, 3.8) is 0 Å². The largest absolute Gasteiger partial charge is 0.494 e. The second-order valence-corrected chi connectivity index (χ2v) is 11.0.